The van der Waals surface area contributed by atoms with Crippen molar-refractivity contribution in [2.24, 2.45) is 5.92 Å². The van der Waals surface area contributed by atoms with Crippen LogP contribution in [-0.4, -0.2) is 24.0 Å². The van der Waals surface area contributed by atoms with Crippen molar-refractivity contribution in [1.29, 1.82) is 0 Å². The standard InChI is InChI=1S/C9H19N.C3H8/c1-8(2)9(3)10-6-4-5-7-10;1-3-2/h8-9H,4-7H2,1-3H3;3H2,1-2H3. The summed E-state index contributed by atoms with van der Waals surface area (Å²) in [5, 5.41) is 0. The van der Waals surface area contributed by atoms with E-state index in [2.05, 4.69) is 39.5 Å². The van der Waals surface area contributed by atoms with E-state index < -0.39 is 0 Å². The monoisotopic (exact) mass is 185 g/mol. The molecular formula is C12H27N. The van der Waals surface area contributed by atoms with Crippen molar-refractivity contribution >= 4 is 0 Å². The first-order chi connectivity index (χ1) is 6.13. The van der Waals surface area contributed by atoms with E-state index in [9.17, 15) is 0 Å². The predicted molar refractivity (Wildman–Crippen MR) is 61.1 cm³/mol. The van der Waals surface area contributed by atoms with Crippen molar-refractivity contribution < 1.29 is 0 Å². The van der Waals surface area contributed by atoms with E-state index in [0.717, 1.165) is 12.0 Å². The number of rotatable bonds is 2. The van der Waals surface area contributed by atoms with Crippen LogP contribution in [0.15, 0.2) is 0 Å². The molecule has 0 aromatic carbocycles. The summed E-state index contributed by atoms with van der Waals surface area (Å²) in [5.74, 6) is 0.818. The van der Waals surface area contributed by atoms with Gasteiger partial charge < -0.3 is 4.90 Å². The third-order valence-electron chi connectivity index (χ3n) is 2.68. The molecule has 1 aliphatic heterocycles. The molecular weight excluding hydrogens is 158 g/mol. The van der Waals surface area contributed by atoms with Crippen LogP contribution in [0.3, 0.4) is 0 Å². The van der Waals surface area contributed by atoms with Crippen molar-refractivity contribution in [1.82, 2.24) is 4.90 Å². The number of hydrogen-bond acceptors (Lipinski definition) is 1. The fraction of sp³-hybridized carbons (Fsp3) is 1.00. The molecule has 1 saturated heterocycles. The van der Waals surface area contributed by atoms with Gasteiger partial charge in [-0.15, -0.1) is 0 Å². The molecule has 0 aromatic rings. The van der Waals surface area contributed by atoms with E-state index in [4.69, 9.17) is 0 Å². The number of nitrogens with zero attached hydrogens (tertiary/aromatic N) is 1. The molecule has 1 atom stereocenters. The molecule has 0 N–H and O–H groups in total. The average molecular weight is 185 g/mol. The van der Waals surface area contributed by atoms with Gasteiger partial charge in [-0.1, -0.05) is 34.1 Å². The first-order valence-electron chi connectivity index (χ1n) is 5.87. The molecule has 1 aliphatic rings. The molecule has 1 heteroatoms. The van der Waals surface area contributed by atoms with E-state index in [0.29, 0.717) is 0 Å². The summed E-state index contributed by atoms with van der Waals surface area (Å²) in [7, 11) is 0. The normalized spacial score (nSPS) is 19.8. The Morgan fingerprint density at radius 3 is 1.69 bits per heavy atom. The Bertz CT molecular complexity index is 104. The van der Waals surface area contributed by atoms with Gasteiger partial charge in [0.05, 0.1) is 0 Å². The summed E-state index contributed by atoms with van der Waals surface area (Å²) in [4.78, 5) is 2.60. The van der Waals surface area contributed by atoms with Crippen LogP contribution in [0.5, 0.6) is 0 Å². The zero-order valence-corrected chi connectivity index (χ0v) is 10.1. The second-order valence-corrected chi connectivity index (χ2v) is 4.43. The highest BCUT2D eigenvalue weighted by Crippen LogP contribution is 2.16. The first-order valence-corrected chi connectivity index (χ1v) is 5.87. The van der Waals surface area contributed by atoms with Crippen LogP contribution in [0.4, 0.5) is 0 Å². The van der Waals surface area contributed by atoms with Crippen LogP contribution in [0.1, 0.15) is 53.9 Å². The molecule has 80 valence electrons. The SMILES string of the molecule is CC(C)C(C)N1CCCC1.CCC. The van der Waals surface area contributed by atoms with E-state index in [1.165, 1.54) is 32.4 Å². The van der Waals surface area contributed by atoms with E-state index >= 15 is 0 Å². The Hall–Kier alpha value is -0.0400. The van der Waals surface area contributed by atoms with Crippen LogP contribution < -0.4 is 0 Å². The lowest BCUT2D eigenvalue weighted by Gasteiger charge is -2.26. The maximum Gasteiger partial charge on any atom is 0.00899 e. The highest BCUT2D eigenvalue weighted by Gasteiger charge is 2.19. The molecule has 0 spiro atoms. The molecule has 0 radical (unpaired) electrons. The van der Waals surface area contributed by atoms with Crippen molar-refractivity contribution in [3.63, 3.8) is 0 Å². The van der Waals surface area contributed by atoms with Gasteiger partial charge in [-0.05, 0) is 38.8 Å². The van der Waals surface area contributed by atoms with Crippen LogP contribution in [0.25, 0.3) is 0 Å². The zero-order valence-electron chi connectivity index (χ0n) is 10.1. The summed E-state index contributed by atoms with van der Waals surface area (Å²) in [6.45, 7) is 13.9. The summed E-state index contributed by atoms with van der Waals surface area (Å²) in [6.07, 6.45) is 4.08. The minimum atomic E-state index is 0.794. The Balaban J connectivity index is 0.000000424. The fourth-order valence-electron chi connectivity index (χ4n) is 1.57. The second kappa shape index (κ2) is 7.37. The van der Waals surface area contributed by atoms with Gasteiger partial charge in [-0.2, -0.15) is 0 Å². The molecule has 1 unspecified atom stereocenters. The molecule has 1 rings (SSSR count). The van der Waals surface area contributed by atoms with Gasteiger partial charge in [0, 0.05) is 6.04 Å². The van der Waals surface area contributed by atoms with Crippen molar-refractivity contribution in [3.05, 3.63) is 0 Å². The second-order valence-electron chi connectivity index (χ2n) is 4.43. The van der Waals surface area contributed by atoms with E-state index in [1.807, 2.05) is 0 Å². The summed E-state index contributed by atoms with van der Waals surface area (Å²) >= 11 is 0. The molecule has 1 fully saturated rings. The van der Waals surface area contributed by atoms with Gasteiger partial charge in [0.25, 0.3) is 0 Å². The van der Waals surface area contributed by atoms with Crippen LogP contribution >= 0.6 is 0 Å². The minimum Gasteiger partial charge on any atom is -0.300 e. The van der Waals surface area contributed by atoms with Crippen molar-refractivity contribution in [2.45, 2.75) is 59.9 Å². The average Bonchev–Trinajstić information content (AvgIpc) is 2.56. The Kier molecular flexibility index (Phi) is 7.35. The smallest absolute Gasteiger partial charge is 0.00899 e. The molecule has 0 saturated carbocycles. The van der Waals surface area contributed by atoms with Gasteiger partial charge in [-0.25, -0.2) is 0 Å². The third-order valence-corrected chi connectivity index (χ3v) is 2.68. The lowest BCUT2D eigenvalue weighted by atomic mass is 10.1. The van der Waals surface area contributed by atoms with Crippen LogP contribution in [0.2, 0.25) is 0 Å². The molecule has 0 bridgehead atoms. The van der Waals surface area contributed by atoms with Gasteiger partial charge in [0.15, 0.2) is 0 Å². The number of likely N-dealkylation sites (tertiary alicyclic amines) is 1. The minimum absolute atomic E-state index is 0.794. The first kappa shape index (κ1) is 13.0. The van der Waals surface area contributed by atoms with Crippen LogP contribution in [-0.2, 0) is 0 Å². The molecule has 0 aliphatic carbocycles. The molecule has 1 nitrogen and oxygen atoms in total. The number of hydrogen-bond donors (Lipinski definition) is 0. The molecule has 0 amide bonds. The van der Waals surface area contributed by atoms with Gasteiger partial charge in [0.1, 0.15) is 0 Å². The fourth-order valence-corrected chi connectivity index (χ4v) is 1.57. The van der Waals surface area contributed by atoms with Gasteiger partial charge >= 0.3 is 0 Å². The van der Waals surface area contributed by atoms with Gasteiger partial charge in [-0.3, -0.25) is 0 Å². The zero-order chi connectivity index (χ0) is 10.3. The maximum atomic E-state index is 2.60. The van der Waals surface area contributed by atoms with E-state index in [1.54, 1.807) is 0 Å². The predicted octanol–water partition coefficient (Wildman–Crippen LogP) is 3.54. The lowest BCUT2D eigenvalue weighted by Crippen LogP contribution is -2.33. The Morgan fingerprint density at radius 2 is 1.38 bits per heavy atom. The highest BCUT2D eigenvalue weighted by molar-refractivity contribution is 4.74. The summed E-state index contributed by atoms with van der Waals surface area (Å²) in [5.41, 5.74) is 0. The molecule has 0 aromatic heterocycles. The summed E-state index contributed by atoms with van der Waals surface area (Å²) < 4.78 is 0. The Morgan fingerprint density at radius 1 is 1.00 bits per heavy atom. The Labute approximate surface area is 84.5 Å². The van der Waals surface area contributed by atoms with E-state index in [-0.39, 0.29) is 0 Å². The molecule has 13 heavy (non-hydrogen) atoms. The molecule has 1 heterocycles. The van der Waals surface area contributed by atoms with Crippen molar-refractivity contribution in [2.75, 3.05) is 13.1 Å². The maximum absolute atomic E-state index is 2.60. The quantitative estimate of drug-likeness (QED) is 0.636. The summed E-state index contributed by atoms with van der Waals surface area (Å²) in [6, 6.07) is 0.794. The third kappa shape index (κ3) is 5.30. The topological polar surface area (TPSA) is 3.24 Å². The largest absolute Gasteiger partial charge is 0.300 e. The van der Waals surface area contributed by atoms with Gasteiger partial charge in [0.2, 0.25) is 0 Å². The highest BCUT2D eigenvalue weighted by atomic mass is 15.2. The lowest BCUT2D eigenvalue weighted by molar-refractivity contribution is 0.208. The van der Waals surface area contributed by atoms with Crippen molar-refractivity contribution in [3.8, 4) is 0 Å². The van der Waals surface area contributed by atoms with Crippen LogP contribution in [0, 0.1) is 5.92 Å².